The van der Waals surface area contributed by atoms with E-state index in [-0.39, 0.29) is 0 Å². The molecule has 7 heteroatoms. The van der Waals surface area contributed by atoms with E-state index in [2.05, 4.69) is 5.43 Å². The van der Waals surface area contributed by atoms with E-state index in [1.165, 1.54) is 0 Å². The number of nitrogens with two attached hydrogens (primary N) is 1. The first-order chi connectivity index (χ1) is 4.50. The lowest BCUT2D eigenvalue weighted by Crippen LogP contribution is -2.47. The molecule has 0 spiro atoms. The van der Waals surface area contributed by atoms with Crippen LogP contribution in [-0.4, -0.2) is 18.6 Å². The molecule has 1 rings (SSSR count). The van der Waals surface area contributed by atoms with Gasteiger partial charge in [-0.25, -0.2) is 10.9 Å². The predicted molar refractivity (Wildman–Crippen MR) is 27.2 cm³/mol. The number of nitrogens with one attached hydrogen (secondary N) is 3. The molecular formula is C3H7F3N4. The van der Waals surface area contributed by atoms with Crippen LogP contribution in [0.15, 0.2) is 0 Å². The van der Waals surface area contributed by atoms with Crippen LogP contribution >= 0.6 is 0 Å². The number of hydrazine groups is 1. The molecule has 0 aromatic rings. The van der Waals surface area contributed by atoms with Crippen molar-refractivity contribution >= 4 is 0 Å². The van der Waals surface area contributed by atoms with Crippen LogP contribution < -0.4 is 21.9 Å². The van der Waals surface area contributed by atoms with Crippen LogP contribution in [0.4, 0.5) is 13.2 Å². The van der Waals surface area contributed by atoms with E-state index in [1.54, 1.807) is 0 Å². The zero-order chi connectivity index (χ0) is 7.78. The summed E-state index contributed by atoms with van der Waals surface area (Å²) in [7, 11) is 0. The van der Waals surface area contributed by atoms with Gasteiger partial charge in [0.1, 0.15) is 6.29 Å². The number of rotatable bonds is 0. The third-order valence-electron chi connectivity index (χ3n) is 1.06. The summed E-state index contributed by atoms with van der Waals surface area (Å²) in [5, 5.41) is 2.02. The lowest BCUT2D eigenvalue weighted by atomic mass is 10.5. The molecule has 2 atom stereocenters. The van der Waals surface area contributed by atoms with Gasteiger partial charge < -0.3 is 5.73 Å². The summed E-state index contributed by atoms with van der Waals surface area (Å²) in [6, 6.07) is 0. The van der Waals surface area contributed by atoms with Crippen LogP contribution in [0.25, 0.3) is 0 Å². The average Bonchev–Trinajstić information content (AvgIpc) is 2.11. The fourth-order valence-corrected chi connectivity index (χ4v) is 0.612. The van der Waals surface area contributed by atoms with E-state index in [1.807, 2.05) is 10.7 Å². The minimum Gasteiger partial charge on any atom is -0.303 e. The molecule has 10 heavy (non-hydrogen) atoms. The molecule has 0 aromatic carbocycles. The fraction of sp³-hybridized carbons (Fsp3) is 1.00. The Balaban J connectivity index is 2.45. The summed E-state index contributed by atoms with van der Waals surface area (Å²) in [5.41, 5.74) is 9.15. The van der Waals surface area contributed by atoms with Crippen molar-refractivity contribution in [3.05, 3.63) is 0 Å². The Bertz CT molecular complexity index is 123. The quantitative estimate of drug-likeness (QED) is 0.356. The van der Waals surface area contributed by atoms with E-state index in [0.29, 0.717) is 0 Å². The first kappa shape index (κ1) is 7.73. The highest BCUT2D eigenvalue weighted by Crippen LogP contribution is 2.18. The minimum atomic E-state index is -4.30. The van der Waals surface area contributed by atoms with E-state index in [9.17, 15) is 13.2 Å². The van der Waals surface area contributed by atoms with Gasteiger partial charge >= 0.3 is 6.18 Å². The van der Waals surface area contributed by atoms with Gasteiger partial charge in [-0.2, -0.15) is 13.2 Å². The molecule has 0 aliphatic carbocycles. The smallest absolute Gasteiger partial charge is 0.303 e. The molecule has 0 saturated carbocycles. The van der Waals surface area contributed by atoms with E-state index in [4.69, 9.17) is 5.73 Å². The summed E-state index contributed by atoms with van der Waals surface area (Å²) in [6.07, 6.45) is -6.89. The number of hydrogen-bond donors (Lipinski definition) is 4. The highest BCUT2D eigenvalue weighted by Gasteiger charge is 2.43. The lowest BCUT2D eigenvalue weighted by molar-refractivity contribution is -0.158. The Labute approximate surface area is 54.9 Å². The van der Waals surface area contributed by atoms with Gasteiger partial charge in [0.25, 0.3) is 0 Å². The average molecular weight is 156 g/mol. The SMILES string of the molecule is NC1NNC(C(F)(F)F)N1. The van der Waals surface area contributed by atoms with Crippen molar-refractivity contribution < 1.29 is 13.2 Å². The molecule has 1 saturated heterocycles. The van der Waals surface area contributed by atoms with Gasteiger partial charge in [-0.15, -0.1) is 0 Å². The Kier molecular flexibility index (Phi) is 1.82. The Hall–Kier alpha value is -0.370. The van der Waals surface area contributed by atoms with E-state index < -0.39 is 18.6 Å². The molecule has 0 bridgehead atoms. The Morgan fingerprint density at radius 3 is 2.00 bits per heavy atom. The van der Waals surface area contributed by atoms with Crippen molar-refractivity contribution in [2.45, 2.75) is 18.6 Å². The molecule has 4 nitrogen and oxygen atoms in total. The third-order valence-corrected chi connectivity index (χ3v) is 1.06. The highest BCUT2D eigenvalue weighted by atomic mass is 19.4. The molecule has 0 aromatic heterocycles. The first-order valence-corrected chi connectivity index (χ1v) is 2.59. The van der Waals surface area contributed by atoms with Gasteiger partial charge in [-0.1, -0.05) is 0 Å². The standard InChI is InChI=1S/C3H7F3N4/c4-3(5,6)1-8-2(7)10-9-1/h1-2,8-10H,7H2. The maximum absolute atomic E-state index is 11.7. The van der Waals surface area contributed by atoms with Crippen molar-refractivity contribution in [3.8, 4) is 0 Å². The normalized spacial score (nSPS) is 34.8. The summed E-state index contributed by atoms with van der Waals surface area (Å²) in [6.45, 7) is 0. The molecule has 60 valence electrons. The van der Waals surface area contributed by atoms with E-state index in [0.717, 1.165) is 0 Å². The molecule has 1 fully saturated rings. The lowest BCUT2D eigenvalue weighted by Gasteiger charge is -2.13. The second-order valence-corrected chi connectivity index (χ2v) is 1.91. The summed E-state index contributed by atoms with van der Waals surface area (Å²) >= 11 is 0. The summed E-state index contributed by atoms with van der Waals surface area (Å²) in [5.74, 6) is 0. The molecule has 0 amide bonds. The van der Waals surface area contributed by atoms with Crippen LogP contribution in [0.2, 0.25) is 0 Å². The number of hydrogen-bond acceptors (Lipinski definition) is 4. The number of halogens is 3. The highest BCUT2D eigenvalue weighted by molar-refractivity contribution is 4.78. The molecular weight excluding hydrogens is 149 g/mol. The third kappa shape index (κ3) is 1.57. The zero-order valence-electron chi connectivity index (χ0n) is 4.87. The zero-order valence-corrected chi connectivity index (χ0v) is 4.87. The van der Waals surface area contributed by atoms with Gasteiger partial charge in [0.2, 0.25) is 0 Å². The Morgan fingerprint density at radius 2 is 1.80 bits per heavy atom. The summed E-state index contributed by atoms with van der Waals surface area (Å²) < 4.78 is 35.1. The van der Waals surface area contributed by atoms with Crippen LogP contribution in [-0.2, 0) is 0 Å². The van der Waals surface area contributed by atoms with E-state index >= 15 is 0 Å². The van der Waals surface area contributed by atoms with Crippen LogP contribution in [0, 0.1) is 0 Å². The maximum atomic E-state index is 11.7. The predicted octanol–water partition coefficient (Wildman–Crippen LogP) is -1.19. The van der Waals surface area contributed by atoms with Crippen molar-refractivity contribution in [1.29, 1.82) is 0 Å². The minimum absolute atomic E-state index is 0.841. The molecule has 2 unspecified atom stereocenters. The van der Waals surface area contributed by atoms with Crippen molar-refractivity contribution in [2.24, 2.45) is 5.73 Å². The summed E-state index contributed by atoms with van der Waals surface area (Å²) in [4.78, 5) is 0. The molecule has 1 aliphatic heterocycles. The van der Waals surface area contributed by atoms with Gasteiger partial charge in [-0.3, -0.25) is 5.32 Å². The van der Waals surface area contributed by atoms with Gasteiger partial charge in [0.15, 0.2) is 6.17 Å². The van der Waals surface area contributed by atoms with Gasteiger partial charge in [-0.05, 0) is 0 Å². The van der Waals surface area contributed by atoms with Crippen molar-refractivity contribution in [2.75, 3.05) is 0 Å². The largest absolute Gasteiger partial charge is 0.418 e. The monoisotopic (exact) mass is 156 g/mol. The van der Waals surface area contributed by atoms with Crippen molar-refractivity contribution in [3.63, 3.8) is 0 Å². The second kappa shape index (κ2) is 2.35. The van der Waals surface area contributed by atoms with Crippen LogP contribution in [0.3, 0.4) is 0 Å². The molecule has 1 aliphatic rings. The van der Waals surface area contributed by atoms with Crippen LogP contribution in [0.5, 0.6) is 0 Å². The van der Waals surface area contributed by atoms with Crippen molar-refractivity contribution in [1.82, 2.24) is 16.2 Å². The van der Waals surface area contributed by atoms with Gasteiger partial charge in [0, 0.05) is 0 Å². The first-order valence-electron chi connectivity index (χ1n) is 2.59. The second-order valence-electron chi connectivity index (χ2n) is 1.91. The molecule has 1 heterocycles. The maximum Gasteiger partial charge on any atom is 0.418 e. The molecule has 0 radical (unpaired) electrons. The topological polar surface area (TPSA) is 62.1 Å². The Morgan fingerprint density at radius 1 is 1.20 bits per heavy atom. The number of alkyl halides is 3. The molecule has 5 N–H and O–H groups in total. The van der Waals surface area contributed by atoms with Gasteiger partial charge in [0.05, 0.1) is 0 Å². The van der Waals surface area contributed by atoms with Crippen LogP contribution in [0.1, 0.15) is 0 Å². The fourth-order valence-electron chi connectivity index (χ4n) is 0.612.